The summed E-state index contributed by atoms with van der Waals surface area (Å²) in [6.07, 6.45) is 2.88. The van der Waals surface area contributed by atoms with Crippen LogP contribution in [-0.4, -0.2) is 18.3 Å². The smallest absolute Gasteiger partial charge is 0.123 e. The van der Waals surface area contributed by atoms with Crippen LogP contribution in [0.15, 0.2) is 18.2 Å². The quantitative estimate of drug-likeness (QED) is 0.777. The normalized spacial score (nSPS) is 11.6. The summed E-state index contributed by atoms with van der Waals surface area (Å²) in [5.74, 6) is 0.997. The van der Waals surface area contributed by atoms with Crippen LogP contribution in [0.2, 0.25) is 0 Å². The third kappa shape index (κ3) is 4.69. The number of hydrogen-bond donors (Lipinski definition) is 1. The van der Waals surface area contributed by atoms with Crippen molar-refractivity contribution < 1.29 is 9.84 Å². The molecule has 1 rings (SSSR count). The third-order valence-corrected chi connectivity index (χ3v) is 3.00. The third-order valence-electron chi connectivity index (χ3n) is 3.00. The van der Waals surface area contributed by atoms with Crippen molar-refractivity contribution >= 4 is 0 Å². The van der Waals surface area contributed by atoms with Gasteiger partial charge < -0.3 is 9.84 Å². The molecule has 0 saturated carbocycles. The summed E-state index contributed by atoms with van der Waals surface area (Å²) in [6.45, 7) is 9.74. The van der Waals surface area contributed by atoms with Crippen LogP contribution >= 0.6 is 0 Å². The Morgan fingerprint density at radius 3 is 2.44 bits per heavy atom. The molecule has 18 heavy (non-hydrogen) atoms. The molecule has 0 unspecified atom stereocenters. The molecule has 0 heterocycles. The van der Waals surface area contributed by atoms with E-state index in [4.69, 9.17) is 9.84 Å². The van der Waals surface area contributed by atoms with Crippen molar-refractivity contribution in [1.82, 2.24) is 0 Å². The van der Waals surface area contributed by atoms with Gasteiger partial charge in [0.25, 0.3) is 0 Å². The Labute approximate surface area is 111 Å². The second-order valence-corrected chi connectivity index (χ2v) is 5.88. The Kier molecular flexibility index (Phi) is 5.67. The maximum Gasteiger partial charge on any atom is 0.123 e. The fourth-order valence-electron chi connectivity index (χ4n) is 1.93. The molecule has 0 aliphatic carbocycles. The number of benzene rings is 1. The summed E-state index contributed by atoms with van der Waals surface area (Å²) in [5.41, 5.74) is 2.64. The summed E-state index contributed by atoms with van der Waals surface area (Å²) in [5, 5.41) is 8.72. The average Bonchev–Trinajstić information content (AvgIpc) is 2.29. The number of hydrogen-bond acceptors (Lipinski definition) is 2. The lowest BCUT2D eigenvalue weighted by atomic mass is 9.85. The number of aryl methyl sites for hydroxylation is 1. The van der Waals surface area contributed by atoms with Crippen LogP contribution in [0, 0.1) is 6.92 Å². The van der Waals surface area contributed by atoms with E-state index in [9.17, 15) is 0 Å². The fourth-order valence-corrected chi connectivity index (χ4v) is 1.93. The molecule has 1 N–H and O–H groups in total. The molecular weight excluding hydrogens is 224 g/mol. The number of ether oxygens (including phenoxy) is 1. The first-order chi connectivity index (χ1) is 8.45. The van der Waals surface area contributed by atoms with Gasteiger partial charge in [-0.1, -0.05) is 38.5 Å². The minimum atomic E-state index is 0.104. The van der Waals surface area contributed by atoms with Gasteiger partial charge >= 0.3 is 0 Å². The highest BCUT2D eigenvalue weighted by molar-refractivity contribution is 5.41. The van der Waals surface area contributed by atoms with E-state index < -0.39 is 0 Å². The van der Waals surface area contributed by atoms with Gasteiger partial charge in [-0.3, -0.25) is 0 Å². The van der Waals surface area contributed by atoms with Crippen LogP contribution in [0.4, 0.5) is 0 Å². The van der Waals surface area contributed by atoms with E-state index in [1.54, 1.807) is 0 Å². The first kappa shape index (κ1) is 15.0. The van der Waals surface area contributed by atoms with E-state index in [0.29, 0.717) is 0 Å². The van der Waals surface area contributed by atoms with Crippen LogP contribution in [0.25, 0.3) is 0 Å². The lowest BCUT2D eigenvalue weighted by Gasteiger charge is -2.23. The monoisotopic (exact) mass is 250 g/mol. The molecule has 2 nitrogen and oxygen atoms in total. The minimum absolute atomic E-state index is 0.104. The molecule has 1 aromatic rings. The van der Waals surface area contributed by atoms with Crippen LogP contribution in [0.1, 0.15) is 51.2 Å². The molecule has 2 heteroatoms. The van der Waals surface area contributed by atoms with Crippen LogP contribution in [0.3, 0.4) is 0 Å². The van der Waals surface area contributed by atoms with E-state index in [0.717, 1.165) is 31.6 Å². The molecule has 0 fully saturated rings. The molecule has 0 aliphatic heterocycles. The van der Waals surface area contributed by atoms with Gasteiger partial charge in [0.2, 0.25) is 0 Å². The zero-order valence-electron chi connectivity index (χ0n) is 12.1. The van der Waals surface area contributed by atoms with Gasteiger partial charge in [-0.15, -0.1) is 0 Å². The lowest BCUT2D eigenvalue weighted by molar-refractivity contribution is 0.264. The van der Waals surface area contributed by atoms with Crippen molar-refractivity contribution in [2.24, 2.45) is 0 Å². The topological polar surface area (TPSA) is 29.5 Å². The minimum Gasteiger partial charge on any atom is -0.493 e. The SMILES string of the molecule is Cc1ccc(OCCCCCO)c(C(C)(C)C)c1. The van der Waals surface area contributed by atoms with E-state index in [-0.39, 0.29) is 12.0 Å². The first-order valence-electron chi connectivity index (χ1n) is 6.80. The standard InChI is InChI=1S/C16H26O2/c1-13-8-9-15(14(12-13)16(2,3)4)18-11-7-5-6-10-17/h8-9,12,17H,5-7,10-11H2,1-4H3. The van der Waals surface area contributed by atoms with E-state index in [1.807, 2.05) is 0 Å². The van der Waals surface area contributed by atoms with E-state index in [2.05, 4.69) is 45.9 Å². The van der Waals surface area contributed by atoms with Gasteiger partial charge in [-0.2, -0.15) is 0 Å². The maximum atomic E-state index is 8.72. The molecule has 0 aliphatic rings. The Morgan fingerprint density at radius 1 is 1.11 bits per heavy atom. The number of unbranched alkanes of at least 4 members (excludes halogenated alkanes) is 2. The van der Waals surface area contributed by atoms with Crippen molar-refractivity contribution in [3.8, 4) is 5.75 Å². The highest BCUT2D eigenvalue weighted by Gasteiger charge is 2.18. The summed E-state index contributed by atoms with van der Waals surface area (Å²) >= 11 is 0. The Bertz CT molecular complexity index is 364. The van der Waals surface area contributed by atoms with Crippen molar-refractivity contribution in [1.29, 1.82) is 0 Å². The molecule has 0 spiro atoms. The fraction of sp³-hybridized carbons (Fsp3) is 0.625. The largest absolute Gasteiger partial charge is 0.493 e. The van der Waals surface area contributed by atoms with Gasteiger partial charge in [-0.25, -0.2) is 0 Å². The Morgan fingerprint density at radius 2 is 1.83 bits per heavy atom. The summed E-state index contributed by atoms with van der Waals surface area (Å²) in [7, 11) is 0. The van der Waals surface area contributed by atoms with Gasteiger partial charge in [0, 0.05) is 6.61 Å². The Balaban J connectivity index is 2.65. The predicted molar refractivity (Wildman–Crippen MR) is 76.3 cm³/mol. The van der Waals surface area contributed by atoms with Crippen molar-refractivity contribution in [3.63, 3.8) is 0 Å². The van der Waals surface area contributed by atoms with Crippen LogP contribution in [0.5, 0.6) is 5.75 Å². The Hall–Kier alpha value is -1.02. The molecule has 0 atom stereocenters. The summed E-state index contributed by atoms with van der Waals surface area (Å²) in [4.78, 5) is 0. The van der Waals surface area contributed by atoms with Gasteiger partial charge in [0.15, 0.2) is 0 Å². The average molecular weight is 250 g/mol. The molecular formula is C16H26O2. The van der Waals surface area contributed by atoms with Gasteiger partial charge in [0.1, 0.15) is 5.75 Å². The predicted octanol–water partition coefficient (Wildman–Crippen LogP) is 3.83. The zero-order valence-corrected chi connectivity index (χ0v) is 12.1. The first-order valence-corrected chi connectivity index (χ1v) is 6.80. The second-order valence-electron chi connectivity index (χ2n) is 5.88. The molecule has 0 saturated heterocycles. The van der Waals surface area contributed by atoms with Crippen molar-refractivity contribution in [3.05, 3.63) is 29.3 Å². The summed E-state index contributed by atoms with van der Waals surface area (Å²) < 4.78 is 5.88. The van der Waals surface area contributed by atoms with E-state index in [1.165, 1.54) is 11.1 Å². The van der Waals surface area contributed by atoms with E-state index >= 15 is 0 Å². The zero-order chi connectivity index (χ0) is 13.6. The van der Waals surface area contributed by atoms with Crippen molar-refractivity contribution in [2.45, 2.75) is 52.4 Å². The molecule has 0 bridgehead atoms. The highest BCUT2D eigenvalue weighted by Crippen LogP contribution is 2.32. The van der Waals surface area contributed by atoms with Crippen LogP contribution < -0.4 is 4.74 Å². The number of rotatable bonds is 6. The second kappa shape index (κ2) is 6.79. The lowest BCUT2D eigenvalue weighted by Crippen LogP contribution is -2.14. The molecule has 102 valence electrons. The summed E-state index contributed by atoms with van der Waals surface area (Å²) in [6, 6.07) is 6.38. The van der Waals surface area contributed by atoms with Gasteiger partial charge in [-0.05, 0) is 43.2 Å². The number of aliphatic hydroxyl groups is 1. The molecule has 0 aromatic heterocycles. The molecule has 0 radical (unpaired) electrons. The maximum absolute atomic E-state index is 8.72. The number of aliphatic hydroxyl groups excluding tert-OH is 1. The van der Waals surface area contributed by atoms with Crippen LogP contribution in [-0.2, 0) is 5.41 Å². The molecule has 1 aromatic carbocycles. The van der Waals surface area contributed by atoms with Crippen molar-refractivity contribution in [2.75, 3.05) is 13.2 Å². The highest BCUT2D eigenvalue weighted by atomic mass is 16.5. The van der Waals surface area contributed by atoms with Gasteiger partial charge in [0.05, 0.1) is 6.61 Å². The molecule has 0 amide bonds.